The van der Waals surface area contributed by atoms with Gasteiger partial charge in [-0.15, -0.1) is 0 Å². The third-order valence-corrected chi connectivity index (χ3v) is 11.8. The zero-order chi connectivity index (χ0) is 42.2. The van der Waals surface area contributed by atoms with Crippen molar-refractivity contribution in [1.82, 2.24) is 39.4 Å². The molecule has 3 aromatic heterocycles. The fourth-order valence-electron chi connectivity index (χ4n) is 8.13. The minimum atomic E-state index is -4.81. The summed E-state index contributed by atoms with van der Waals surface area (Å²) >= 11 is 6.55. The Bertz CT molecular complexity index is 2220. The molecule has 0 bridgehead atoms. The molecule has 7 rings (SSSR count). The largest absolute Gasteiger partial charge is 0.544 e. The number of halogens is 4. The van der Waals surface area contributed by atoms with Crippen molar-refractivity contribution in [3.63, 3.8) is 0 Å². The van der Waals surface area contributed by atoms with E-state index in [4.69, 9.17) is 11.6 Å². The summed E-state index contributed by atoms with van der Waals surface area (Å²) in [6, 6.07) is 7.62. The highest BCUT2D eigenvalue weighted by Crippen LogP contribution is 2.37. The maximum absolute atomic E-state index is 14.2. The molecule has 0 saturated carbocycles. The van der Waals surface area contributed by atoms with Gasteiger partial charge in [0.15, 0.2) is 11.5 Å². The molecule has 0 aliphatic carbocycles. The fourth-order valence-corrected chi connectivity index (χ4v) is 8.39. The van der Waals surface area contributed by atoms with E-state index in [-0.39, 0.29) is 57.6 Å². The summed E-state index contributed by atoms with van der Waals surface area (Å²) in [6.45, 7) is 4.96. The van der Waals surface area contributed by atoms with Gasteiger partial charge in [-0.1, -0.05) is 11.6 Å². The maximum atomic E-state index is 14.2. The van der Waals surface area contributed by atoms with Crippen molar-refractivity contribution in [2.24, 2.45) is 18.9 Å². The normalized spacial score (nSPS) is 19.9. The Morgan fingerprint density at radius 2 is 1.69 bits per heavy atom. The van der Waals surface area contributed by atoms with Crippen molar-refractivity contribution < 1.29 is 41.9 Å². The molecule has 0 unspecified atom stereocenters. The van der Waals surface area contributed by atoms with Gasteiger partial charge in [-0.3, -0.25) is 14.4 Å². The fraction of sp³-hybridized carbons (Fsp3) is 0.462. The Labute approximate surface area is 343 Å². The number of pyridine rings is 1. The molecule has 59 heavy (non-hydrogen) atoms. The van der Waals surface area contributed by atoms with Crippen LogP contribution in [0.1, 0.15) is 39.5 Å². The van der Waals surface area contributed by atoms with Crippen LogP contribution in [0.2, 0.25) is 5.02 Å². The number of carbonyl (C=O) groups excluding carboxylic acids is 4. The number of likely N-dealkylation sites (tertiary alicyclic amines) is 1. The van der Waals surface area contributed by atoms with E-state index in [1.54, 1.807) is 40.9 Å². The van der Waals surface area contributed by atoms with Gasteiger partial charge < -0.3 is 44.3 Å². The minimum Gasteiger partial charge on any atom is -0.544 e. The van der Waals surface area contributed by atoms with E-state index in [0.717, 1.165) is 30.5 Å². The minimum absolute atomic E-state index is 0.00179. The first-order valence-electron chi connectivity index (χ1n) is 19.3. The van der Waals surface area contributed by atoms with Gasteiger partial charge in [0.05, 0.1) is 65.5 Å². The standard InChI is InChI=1S/C39H45ClF3N11O5/c1-49(2)32-7-5-27(19-45-32)53-21-29(34(48-53)39(41,42)43)31-20-46-35(50(31)3)36(57)47-26-4-6-28(30(40)16-26)38(59)52-12-10-51(11-13-52)37(58)25-8-14-54(15-9-25,23-33(55)56)22-24-17-44-18-24/h4-7,16,19-21,24-25,44H,8-15,17-18,22-23H2,1-3H3,(H-,47,55,56,57,59). The number of hydrogen-bond acceptors (Lipinski definition) is 10. The molecule has 3 amide bonds. The average Bonchev–Trinajstić information content (AvgIpc) is 3.80. The second-order valence-electron chi connectivity index (χ2n) is 15.7. The number of quaternary nitrogens is 1. The van der Waals surface area contributed by atoms with Crippen molar-refractivity contribution >= 4 is 46.8 Å². The van der Waals surface area contributed by atoms with Crippen LogP contribution in [0.4, 0.5) is 24.7 Å². The maximum Gasteiger partial charge on any atom is 0.435 e. The SMILES string of the molecule is CN(C)c1ccc(-n2cc(-c3cnc(C(=O)Nc4ccc(C(=O)N5CCN(C(=O)C6CC[N+](CC(=O)[O-])(CC7CNC7)CC6)CC5)c(Cl)c4)n3C)c(C(F)(F)F)n2)cn1. The van der Waals surface area contributed by atoms with Gasteiger partial charge in [0.25, 0.3) is 11.8 Å². The first-order valence-corrected chi connectivity index (χ1v) is 19.7. The van der Waals surface area contributed by atoms with Gasteiger partial charge in [-0.05, 0) is 30.3 Å². The number of aromatic nitrogens is 5. The van der Waals surface area contributed by atoms with Crippen molar-refractivity contribution in [2.45, 2.75) is 19.0 Å². The second kappa shape index (κ2) is 16.6. The van der Waals surface area contributed by atoms with E-state index in [1.165, 1.54) is 42.2 Å². The summed E-state index contributed by atoms with van der Waals surface area (Å²) in [5.41, 5.74) is -0.725. The predicted octanol–water partition coefficient (Wildman–Crippen LogP) is 2.14. The van der Waals surface area contributed by atoms with Crippen LogP contribution >= 0.6 is 11.6 Å². The lowest BCUT2D eigenvalue weighted by Crippen LogP contribution is -2.63. The molecule has 3 aliphatic rings. The van der Waals surface area contributed by atoms with Crippen LogP contribution in [0.15, 0.2) is 48.9 Å². The summed E-state index contributed by atoms with van der Waals surface area (Å²) in [4.78, 5) is 65.5. The van der Waals surface area contributed by atoms with Crippen molar-refractivity contribution in [1.29, 1.82) is 0 Å². The van der Waals surface area contributed by atoms with Crippen LogP contribution in [0.25, 0.3) is 16.9 Å². The van der Waals surface area contributed by atoms with E-state index in [1.807, 2.05) is 0 Å². The van der Waals surface area contributed by atoms with E-state index in [0.29, 0.717) is 74.0 Å². The van der Waals surface area contributed by atoms with Crippen molar-refractivity contribution in [3.05, 3.63) is 71.0 Å². The zero-order valence-electron chi connectivity index (χ0n) is 32.8. The number of imidazole rings is 1. The number of piperazine rings is 1. The molecular weight excluding hydrogens is 795 g/mol. The highest BCUT2D eigenvalue weighted by molar-refractivity contribution is 6.34. The van der Waals surface area contributed by atoms with E-state index >= 15 is 0 Å². The highest BCUT2D eigenvalue weighted by atomic mass is 35.5. The van der Waals surface area contributed by atoms with E-state index in [2.05, 4.69) is 25.7 Å². The molecule has 2 N–H and O–H groups in total. The van der Waals surface area contributed by atoms with E-state index in [9.17, 15) is 37.5 Å². The molecule has 3 saturated heterocycles. The highest BCUT2D eigenvalue weighted by Gasteiger charge is 2.42. The topological polar surface area (TPSA) is 174 Å². The molecule has 20 heteroatoms. The number of piperidine rings is 1. The number of hydrogen-bond donors (Lipinski definition) is 2. The summed E-state index contributed by atoms with van der Waals surface area (Å²) < 4.78 is 45.3. The van der Waals surface area contributed by atoms with Crippen molar-refractivity contribution in [2.75, 3.05) is 89.8 Å². The zero-order valence-corrected chi connectivity index (χ0v) is 33.6. The third kappa shape index (κ3) is 8.91. The molecular formula is C39H45ClF3N11O5. The Balaban J connectivity index is 0.958. The first-order chi connectivity index (χ1) is 28.0. The van der Waals surface area contributed by atoms with Crippen LogP contribution in [-0.2, 0) is 22.8 Å². The van der Waals surface area contributed by atoms with E-state index < -0.39 is 23.7 Å². The lowest BCUT2D eigenvalue weighted by atomic mass is 9.90. The number of carboxylic acids is 1. The van der Waals surface area contributed by atoms with Gasteiger partial charge in [0, 0.05) is 97.0 Å². The molecule has 0 radical (unpaired) electrons. The predicted molar refractivity (Wildman–Crippen MR) is 209 cm³/mol. The van der Waals surface area contributed by atoms with Gasteiger partial charge >= 0.3 is 6.18 Å². The molecule has 3 aliphatic heterocycles. The van der Waals surface area contributed by atoms with Crippen LogP contribution in [0.3, 0.4) is 0 Å². The molecule has 0 spiro atoms. The number of rotatable bonds is 11. The number of benzene rings is 1. The molecule has 0 atom stereocenters. The average molecular weight is 840 g/mol. The monoisotopic (exact) mass is 839 g/mol. The Morgan fingerprint density at radius 1 is 1.00 bits per heavy atom. The quantitative estimate of drug-likeness (QED) is 0.213. The first kappa shape index (κ1) is 41.6. The van der Waals surface area contributed by atoms with Crippen LogP contribution in [-0.4, -0.2) is 142 Å². The Morgan fingerprint density at radius 3 is 2.27 bits per heavy atom. The Kier molecular flexibility index (Phi) is 11.7. The smallest absolute Gasteiger partial charge is 0.435 e. The number of aliphatic carboxylic acids is 1. The third-order valence-electron chi connectivity index (χ3n) is 11.5. The molecule has 4 aromatic rings. The van der Waals surface area contributed by atoms with Crippen molar-refractivity contribution in [3.8, 4) is 16.9 Å². The summed E-state index contributed by atoms with van der Waals surface area (Å²) in [6.07, 6.45) is 0.158. The molecule has 16 nitrogen and oxygen atoms in total. The number of nitrogens with zero attached hydrogens (tertiary/aromatic N) is 9. The second-order valence-corrected chi connectivity index (χ2v) is 16.1. The molecule has 6 heterocycles. The van der Waals surface area contributed by atoms with Gasteiger partial charge in [-0.25, -0.2) is 14.6 Å². The van der Waals surface area contributed by atoms with Gasteiger partial charge in [0.1, 0.15) is 12.4 Å². The number of alkyl halides is 3. The van der Waals surface area contributed by atoms with Gasteiger partial charge in [-0.2, -0.15) is 18.3 Å². The molecule has 314 valence electrons. The number of carbonyl (C=O) groups is 4. The number of anilines is 2. The lowest BCUT2D eigenvalue weighted by Gasteiger charge is -2.47. The number of carboxylic acid groups (broad SMARTS) is 1. The van der Waals surface area contributed by atoms with Gasteiger partial charge in [0.2, 0.25) is 5.91 Å². The number of amides is 3. The van der Waals surface area contributed by atoms with Crippen LogP contribution < -0.4 is 20.6 Å². The summed E-state index contributed by atoms with van der Waals surface area (Å²) in [7, 11) is 4.99. The lowest BCUT2D eigenvalue weighted by molar-refractivity contribution is -0.931. The number of nitrogens with one attached hydrogen (secondary N) is 2. The molecule has 3 fully saturated rings. The van der Waals surface area contributed by atoms with Crippen LogP contribution in [0.5, 0.6) is 0 Å². The van der Waals surface area contributed by atoms with Crippen LogP contribution in [0, 0.1) is 11.8 Å². The summed E-state index contributed by atoms with van der Waals surface area (Å²) in [5, 5.41) is 21.3. The summed E-state index contributed by atoms with van der Waals surface area (Å²) in [5.74, 6) is -1.47. The Hall–Kier alpha value is -5.53. The molecule has 1 aromatic carbocycles.